The molecule has 2 aliphatic heterocycles. The van der Waals surface area contributed by atoms with Gasteiger partial charge >= 0.3 is 0 Å². The fourth-order valence-corrected chi connectivity index (χ4v) is 4.28. The lowest BCUT2D eigenvalue weighted by Crippen LogP contribution is -2.56. The summed E-state index contributed by atoms with van der Waals surface area (Å²) in [6.07, 6.45) is 1.79. The monoisotopic (exact) mass is 471 g/mol. The number of hydrogen-bond donors (Lipinski definition) is 1. The Balaban J connectivity index is 1.20. The molecular weight excluding hydrogens is 442 g/mol. The van der Waals surface area contributed by atoms with E-state index in [1.807, 2.05) is 60.7 Å². The summed E-state index contributed by atoms with van der Waals surface area (Å²) in [6, 6.07) is 23.6. The molecule has 0 unspecified atom stereocenters. The van der Waals surface area contributed by atoms with Crippen LogP contribution in [0.1, 0.15) is 0 Å². The Bertz CT molecular complexity index is 1200. The largest absolute Gasteiger partial charge is 0.493 e. The summed E-state index contributed by atoms with van der Waals surface area (Å²) >= 11 is 0. The van der Waals surface area contributed by atoms with E-state index >= 15 is 0 Å². The van der Waals surface area contributed by atoms with Crippen LogP contribution in [0, 0.1) is 0 Å². The van der Waals surface area contributed by atoms with Crippen LogP contribution in [0.4, 0.5) is 5.69 Å². The quantitative estimate of drug-likeness (QED) is 0.513. The average molecular weight is 472 g/mol. The molecule has 7 nitrogen and oxygen atoms in total. The number of nitrogens with zero attached hydrogens (tertiary/aromatic N) is 2. The highest BCUT2D eigenvalue weighted by Crippen LogP contribution is 2.34. The van der Waals surface area contributed by atoms with E-state index in [0.717, 1.165) is 36.4 Å². The zero-order chi connectivity index (χ0) is 24.2. The smallest absolute Gasteiger partial charge is 0.294 e. The Morgan fingerprint density at radius 2 is 1.69 bits per heavy atom. The van der Waals surface area contributed by atoms with Crippen LogP contribution < -0.4 is 24.8 Å². The maximum absolute atomic E-state index is 13.0. The average Bonchev–Trinajstić information content (AvgIpc) is 3.23. The van der Waals surface area contributed by atoms with Crippen LogP contribution in [0.15, 0.2) is 84.6 Å². The molecule has 1 amide bonds. The van der Waals surface area contributed by atoms with E-state index in [9.17, 15) is 4.79 Å². The van der Waals surface area contributed by atoms with Crippen molar-refractivity contribution in [3.63, 3.8) is 0 Å². The number of anilines is 1. The SMILES string of the molecule is COc1cc(N2CC=C(Oc3ccc(-c4ccccc4)cc3)C2=O)ccc1OCCN1CC(N)C1. The molecule has 7 heteroatoms. The van der Waals surface area contributed by atoms with Gasteiger partial charge in [-0.3, -0.25) is 9.69 Å². The highest BCUT2D eigenvalue weighted by atomic mass is 16.5. The Morgan fingerprint density at radius 3 is 2.40 bits per heavy atom. The van der Waals surface area contributed by atoms with E-state index in [2.05, 4.69) is 17.0 Å². The summed E-state index contributed by atoms with van der Waals surface area (Å²) in [5, 5.41) is 0. The fraction of sp³-hybridized carbons (Fsp3) is 0.250. The van der Waals surface area contributed by atoms with E-state index in [1.165, 1.54) is 0 Å². The summed E-state index contributed by atoms with van der Waals surface area (Å²) < 4.78 is 17.3. The van der Waals surface area contributed by atoms with E-state index in [-0.39, 0.29) is 11.9 Å². The van der Waals surface area contributed by atoms with E-state index in [4.69, 9.17) is 19.9 Å². The van der Waals surface area contributed by atoms with Crippen LogP contribution in [0.5, 0.6) is 17.2 Å². The minimum Gasteiger partial charge on any atom is -0.493 e. The zero-order valence-corrected chi connectivity index (χ0v) is 19.7. The van der Waals surface area contributed by atoms with Crippen LogP contribution in [0.25, 0.3) is 11.1 Å². The molecule has 0 aromatic heterocycles. The van der Waals surface area contributed by atoms with Crippen molar-refractivity contribution in [2.24, 2.45) is 5.73 Å². The Labute approximate surface area is 205 Å². The van der Waals surface area contributed by atoms with Crippen LogP contribution >= 0.6 is 0 Å². The number of benzene rings is 3. The number of hydrogen-bond acceptors (Lipinski definition) is 6. The molecule has 2 N–H and O–H groups in total. The number of rotatable bonds is 9. The first-order valence-corrected chi connectivity index (χ1v) is 11.7. The Hall–Kier alpha value is -3.81. The molecule has 0 radical (unpaired) electrons. The third kappa shape index (κ3) is 5.16. The van der Waals surface area contributed by atoms with Crippen molar-refractivity contribution in [1.29, 1.82) is 0 Å². The number of ether oxygens (including phenoxy) is 3. The van der Waals surface area contributed by atoms with Gasteiger partial charge in [0.1, 0.15) is 12.4 Å². The minimum absolute atomic E-state index is 0.193. The van der Waals surface area contributed by atoms with Gasteiger partial charge in [0.05, 0.1) is 7.11 Å². The predicted molar refractivity (Wildman–Crippen MR) is 136 cm³/mol. The first-order valence-electron chi connectivity index (χ1n) is 11.7. The van der Waals surface area contributed by atoms with Gasteiger partial charge in [-0.1, -0.05) is 42.5 Å². The minimum atomic E-state index is -0.193. The van der Waals surface area contributed by atoms with Crippen molar-refractivity contribution in [3.8, 4) is 28.4 Å². The molecule has 3 aromatic rings. The molecule has 0 atom stereocenters. The van der Waals surface area contributed by atoms with Crippen molar-refractivity contribution < 1.29 is 19.0 Å². The molecule has 0 saturated carbocycles. The third-order valence-electron chi connectivity index (χ3n) is 6.21. The highest BCUT2D eigenvalue weighted by Gasteiger charge is 2.28. The lowest BCUT2D eigenvalue weighted by molar-refractivity contribution is -0.116. The summed E-state index contributed by atoms with van der Waals surface area (Å²) in [5.74, 6) is 1.97. The van der Waals surface area contributed by atoms with Crippen molar-refractivity contribution >= 4 is 11.6 Å². The third-order valence-corrected chi connectivity index (χ3v) is 6.21. The second kappa shape index (κ2) is 10.2. The topological polar surface area (TPSA) is 77.3 Å². The molecule has 1 saturated heterocycles. The van der Waals surface area contributed by atoms with Crippen LogP contribution in [0.2, 0.25) is 0 Å². The summed E-state index contributed by atoms with van der Waals surface area (Å²) in [5.41, 5.74) is 8.77. The Kier molecular flexibility index (Phi) is 6.70. The highest BCUT2D eigenvalue weighted by molar-refractivity contribution is 6.07. The van der Waals surface area contributed by atoms with Crippen molar-refractivity contribution in [2.75, 3.05) is 44.8 Å². The number of carbonyl (C=O) groups excluding carboxylic acids is 1. The maximum atomic E-state index is 13.0. The fourth-order valence-electron chi connectivity index (χ4n) is 4.28. The molecule has 0 bridgehead atoms. The summed E-state index contributed by atoms with van der Waals surface area (Å²) in [7, 11) is 1.60. The number of amides is 1. The maximum Gasteiger partial charge on any atom is 0.294 e. The first-order chi connectivity index (χ1) is 17.1. The molecule has 5 rings (SSSR count). The van der Waals surface area contributed by atoms with Gasteiger partial charge in [0.25, 0.3) is 5.91 Å². The van der Waals surface area contributed by atoms with Gasteiger partial charge in [0.2, 0.25) is 0 Å². The summed E-state index contributed by atoms with van der Waals surface area (Å²) in [6.45, 7) is 3.61. The van der Waals surface area contributed by atoms with Gasteiger partial charge in [-0.05, 0) is 41.5 Å². The molecule has 1 fully saturated rings. The van der Waals surface area contributed by atoms with E-state index in [0.29, 0.717) is 36.2 Å². The second-order valence-corrected chi connectivity index (χ2v) is 8.68. The molecule has 0 aliphatic carbocycles. The molecular formula is C28H29N3O4. The van der Waals surface area contributed by atoms with Gasteiger partial charge in [0, 0.05) is 44.0 Å². The van der Waals surface area contributed by atoms with E-state index in [1.54, 1.807) is 18.1 Å². The van der Waals surface area contributed by atoms with E-state index < -0.39 is 0 Å². The Morgan fingerprint density at radius 1 is 0.943 bits per heavy atom. The van der Waals surface area contributed by atoms with Crippen LogP contribution in [-0.2, 0) is 4.79 Å². The van der Waals surface area contributed by atoms with Gasteiger partial charge in [-0.15, -0.1) is 0 Å². The second-order valence-electron chi connectivity index (χ2n) is 8.68. The molecule has 35 heavy (non-hydrogen) atoms. The van der Waals surface area contributed by atoms with Gasteiger partial charge in [-0.2, -0.15) is 0 Å². The standard InChI is InChI=1S/C28H29N3O4/c1-33-27-17-23(9-12-25(27)34-16-15-30-18-22(29)19-30)31-14-13-26(28(31)32)35-24-10-7-21(8-11-24)20-5-3-2-4-6-20/h2-13,17,22H,14-16,18-19,29H2,1H3. The van der Waals surface area contributed by atoms with Gasteiger partial charge in [0.15, 0.2) is 17.3 Å². The van der Waals surface area contributed by atoms with Crippen LogP contribution in [0.3, 0.4) is 0 Å². The lowest BCUT2D eigenvalue weighted by Gasteiger charge is -2.36. The molecule has 0 spiro atoms. The predicted octanol–water partition coefficient (Wildman–Crippen LogP) is 3.69. The van der Waals surface area contributed by atoms with Gasteiger partial charge < -0.3 is 24.8 Å². The molecule has 180 valence electrons. The normalized spacial score (nSPS) is 16.1. The van der Waals surface area contributed by atoms with Crippen LogP contribution in [-0.4, -0.2) is 56.7 Å². The number of likely N-dealkylation sites (tertiary alicyclic amines) is 1. The number of nitrogens with two attached hydrogens (primary N) is 1. The lowest BCUT2D eigenvalue weighted by atomic mass is 10.1. The summed E-state index contributed by atoms with van der Waals surface area (Å²) in [4.78, 5) is 16.9. The van der Waals surface area contributed by atoms with Gasteiger partial charge in [-0.25, -0.2) is 0 Å². The molecule has 2 heterocycles. The molecule has 3 aromatic carbocycles. The molecule has 2 aliphatic rings. The van der Waals surface area contributed by atoms with Crippen molar-refractivity contribution in [3.05, 3.63) is 84.6 Å². The van der Waals surface area contributed by atoms with Crippen molar-refractivity contribution in [2.45, 2.75) is 6.04 Å². The van der Waals surface area contributed by atoms with Crippen molar-refractivity contribution in [1.82, 2.24) is 4.90 Å². The number of methoxy groups -OCH3 is 1. The first kappa shape index (κ1) is 23.0. The zero-order valence-electron chi connectivity index (χ0n) is 19.7. The number of carbonyl (C=O) groups is 1.